The molecule has 1 fully saturated rings. The largest absolute Gasteiger partial charge is 0.493 e. The van der Waals surface area contributed by atoms with Crippen molar-refractivity contribution in [3.8, 4) is 11.5 Å². The minimum atomic E-state index is 0.144. The number of methoxy groups -OCH3 is 1. The monoisotopic (exact) mass is 393 g/mol. The Balaban J connectivity index is 1.50. The number of fused-ring (bicyclic) bond motifs is 1. The summed E-state index contributed by atoms with van der Waals surface area (Å²) < 4.78 is 13.5. The lowest BCUT2D eigenvalue weighted by molar-refractivity contribution is -0.127. The van der Waals surface area contributed by atoms with Crippen LogP contribution in [-0.4, -0.2) is 47.2 Å². The summed E-state index contributed by atoms with van der Waals surface area (Å²) in [6.07, 6.45) is 1.37. The lowest BCUT2D eigenvalue weighted by Crippen LogP contribution is -2.24. The molecule has 6 heteroatoms. The van der Waals surface area contributed by atoms with Gasteiger partial charge in [0.2, 0.25) is 5.91 Å². The lowest BCUT2D eigenvalue weighted by atomic mass is 10.1. The van der Waals surface area contributed by atoms with Gasteiger partial charge >= 0.3 is 0 Å². The van der Waals surface area contributed by atoms with E-state index in [0.29, 0.717) is 13.0 Å². The number of likely N-dealkylation sites (N-methyl/N-ethyl adjacent to an activating group) is 1. The number of likely N-dealkylation sites (tertiary alicyclic amines) is 1. The maximum atomic E-state index is 12.3. The van der Waals surface area contributed by atoms with E-state index in [9.17, 15) is 4.79 Å². The standard InChI is InChI=1S/C23H27N3O3/c1-3-25-16-17(15-22(25)27)23-24-18-9-4-5-10-19(18)26(23)13-8-14-29-21-12-7-6-11-20(21)28-2/h4-7,9-12,17H,3,8,13-16H2,1-2H3. The van der Waals surface area contributed by atoms with Crippen LogP contribution in [0.1, 0.15) is 31.5 Å². The first kappa shape index (κ1) is 19.3. The van der Waals surface area contributed by atoms with Crippen molar-refractivity contribution in [2.75, 3.05) is 26.8 Å². The lowest BCUT2D eigenvalue weighted by Gasteiger charge is -2.16. The average molecular weight is 393 g/mol. The van der Waals surface area contributed by atoms with Crippen molar-refractivity contribution >= 4 is 16.9 Å². The quantitative estimate of drug-likeness (QED) is 0.546. The van der Waals surface area contributed by atoms with E-state index >= 15 is 0 Å². The minimum absolute atomic E-state index is 0.144. The molecule has 3 aromatic rings. The fourth-order valence-corrected chi connectivity index (χ4v) is 4.03. The molecule has 1 aromatic heterocycles. The molecule has 1 aliphatic rings. The van der Waals surface area contributed by atoms with Crippen LogP contribution in [0.2, 0.25) is 0 Å². The Bertz CT molecular complexity index is 998. The number of hydrogen-bond acceptors (Lipinski definition) is 4. The molecule has 0 bridgehead atoms. The van der Waals surface area contributed by atoms with Gasteiger partial charge in [-0.1, -0.05) is 24.3 Å². The van der Waals surface area contributed by atoms with Crippen molar-refractivity contribution in [1.82, 2.24) is 14.5 Å². The summed E-state index contributed by atoms with van der Waals surface area (Å²) in [6, 6.07) is 15.9. The third-order valence-electron chi connectivity index (χ3n) is 5.50. The van der Waals surface area contributed by atoms with Gasteiger partial charge < -0.3 is 18.9 Å². The van der Waals surface area contributed by atoms with Crippen molar-refractivity contribution in [2.24, 2.45) is 0 Å². The van der Waals surface area contributed by atoms with Gasteiger partial charge in [0.15, 0.2) is 11.5 Å². The predicted octanol–water partition coefficient (Wildman–Crippen LogP) is 3.85. The van der Waals surface area contributed by atoms with Gasteiger partial charge in [-0.2, -0.15) is 0 Å². The van der Waals surface area contributed by atoms with Crippen molar-refractivity contribution in [1.29, 1.82) is 0 Å². The maximum absolute atomic E-state index is 12.3. The van der Waals surface area contributed by atoms with Crippen LogP contribution in [0.4, 0.5) is 0 Å². The van der Waals surface area contributed by atoms with E-state index in [1.54, 1.807) is 7.11 Å². The highest BCUT2D eigenvalue weighted by Crippen LogP contribution is 2.31. The summed E-state index contributed by atoms with van der Waals surface area (Å²) in [6.45, 7) is 4.90. The van der Waals surface area contributed by atoms with Crippen LogP contribution in [0.25, 0.3) is 11.0 Å². The molecule has 6 nitrogen and oxygen atoms in total. The number of carbonyl (C=O) groups is 1. The molecule has 1 amide bonds. The predicted molar refractivity (Wildman–Crippen MR) is 112 cm³/mol. The van der Waals surface area contributed by atoms with E-state index < -0.39 is 0 Å². The van der Waals surface area contributed by atoms with Crippen LogP contribution in [0, 0.1) is 0 Å². The summed E-state index contributed by atoms with van der Waals surface area (Å²) in [4.78, 5) is 19.1. The molecule has 0 saturated carbocycles. The molecule has 1 unspecified atom stereocenters. The SMILES string of the molecule is CCN1CC(c2nc3ccccc3n2CCCOc2ccccc2OC)CC1=O. The summed E-state index contributed by atoms with van der Waals surface area (Å²) >= 11 is 0. The fourth-order valence-electron chi connectivity index (χ4n) is 4.03. The molecule has 1 aliphatic heterocycles. The van der Waals surface area contributed by atoms with Gasteiger partial charge in [0.05, 0.1) is 24.8 Å². The molecule has 4 rings (SSSR count). The van der Waals surface area contributed by atoms with Gasteiger partial charge in [0.1, 0.15) is 5.82 Å². The van der Waals surface area contributed by atoms with Gasteiger partial charge in [-0.15, -0.1) is 0 Å². The van der Waals surface area contributed by atoms with Crippen LogP contribution in [0.15, 0.2) is 48.5 Å². The van der Waals surface area contributed by atoms with Gasteiger partial charge in [0.25, 0.3) is 0 Å². The van der Waals surface area contributed by atoms with Crippen LogP contribution < -0.4 is 9.47 Å². The number of imidazole rings is 1. The van der Waals surface area contributed by atoms with Gasteiger partial charge in [-0.25, -0.2) is 4.98 Å². The first-order valence-electron chi connectivity index (χ1n) is 10.2. The number of benzene rings is 2. The van der Waals surface area contributed by atoms with Gasteiger partial charge in [-0.3, -0.25) is 4.79 Å². The van der Waals surface area contributed by atoms with E-state index in [2.05, 4.69) is 10.6 Å². The molecule has 0 aliphatic carbocycles. The molecular formula is C23H27N3O3. The molecule has 0 radical (unpaired) electrons. The minimum Gasteiger partial charge on any atom is -0.493 e. The first-order chi connectivity index (χ1) is 14.2. The van der Waals surface area contributed by atoms with Crippen LogP contribution in [0.3, 0.4) is 0 Å². The zero-order valence-electron chi connectivity index (χ0n) is 17.0. The highest BCUT2D eigenvalue weighted by molar-refractivity contribution is 5.80. The molecule has 2 aromatic carbocycles. The molecular weight excluding hydrogens is 366 g/mol. The molecule has 152 valence electrons. The van der Waals surface area contributed by atoms with Crippen LogP contribution in [0.5, 0.6) is 11.5 Å². The second kappa shape index (κ2) is 8.55. The van der Waals surface area contributed by atoms with Crippen molar-refractivity contribution in [3.05, 3.63) is 54.4 Å². The molecule has 1 saturated heterocycles. The van der Waals surface area contributed by atoms with Crippen LogP contribution in [-0.2, 0) is 11.3 Å². The van der Waals surface area contributed by atoms with E-state index in [-0.39, 0.29) is 11.8 Å². The molecule has 0 spiro atoms. The topological polar surface area (TPSA) is 56.6 Å². The van der Waals surface area contributed by atoms with E-state index in [1.807, 2.05) is 54.3 Å². The Morgan fingerprint density at radius 1 is 1.10 bits per heavy atom. The Morgan fingerprint density at radius 2 is 1.86 bits per heavy atom. The number of aryl methyl sites for hydroxylation is 1. The van der Waals surface area contributed by atoms with Crippen LogP contribution >= 0.6 is 0 Å². The second-order valence-electron chi connectivity index (χ2n) is 7.30. The number of aromatic nitrogens is 2. The van der Waals surface area contributed by atoms with Gasteiger partial charge in [0, 0.05) is 32.0 Å². The van der Waals surface area contributed by atoms with E-state index in [4.69, 9.17) is 14.5 Å². The Morgan fingerprint density at radius 3 is 2.62 bits per heavy atom. The normalized spacial score (nSPS) is 16.6. The number of rotatable bonds is 8. The smallest absolute Gasteiger partial charge is 0.223 e. The first-order valence-corrected chi connectivity index (χ1v) is 10.2. The molecule has 0 N–H and O–H groups in total. The highest BCUT2D eigenvalue weighted by atomic mass is 16.5. The van der Waals surface area contributed by atoms with Crippen molar-refractivity contribution in [3.63, 3.8) is 0 Å². The Hall–Kier alpha value is -3.02. The number of carbonyl (C=O) groups excluding carboxylic acids is 1. The number of ether oxygens (including phenoxy) is 2. The summed E-state index contributed by atoms with van der Waals surface area (Å²) in [7, 11) is 1.65. The molecule has 1 atom stereocenters. The van der Waals surface area contributed by atoms with Crippen molar-refractivity contribution in [2.45, 2.75) is 32.2 Å². The third kappa shape index (κ3) is 3.92. The summed E-state index contributed by atoms with van der Waals surface area (Å²) in [5.41, 5.74) is 2.10. The van der Waals surface area contributed by atoms with Gasteiger partial charge in [-0.05, 0) is 37.6 Å². The highest BCUT2D eigenvalue weighted by Gasteiger charge is 2.33. The van der Waals surface area contributed by atoms with Crippen molar-refractivity contribution < 1.29 is 14.3 Å². The third-order valence-corrected chi connectivity index (χ3v) is 5.50. The summed E-state index contributed by atoms with van der Waals surface area (Å²) in [5, 5.41) is 0. The second-order valence-corrected chi connectivity index (χ2v) is 7.30. The molecule has 29 heavy (non-hydrogen) atoms. The summed E-state index contributed by atoms with van der Waals surface area (Å²) in [5.74, 6) is 2.87. The van der Waals surface area contributed by atoms with E-state index in [1.165, 1.54) is 0 Å². The number of para-hydroxylation sites is 4. The van der Waals surface area contributed by atoms with E-state index in [0.717, 1.165) is 54.4 Å². The Kier molecular flexibility index (Phi) is 5.69. The molecule has 2 heterocycles. The number of amides is 1. The Labute approximate surface area is 171 Å². The maximum Gasteiger partial charge on any atom is 0.223 e. The fraction of sp³-hybridized carbons (Fsp3) is 0.391. The average Bonchev–Trinajstić information content (AvgIpc) is 3.31. The zero-order valence-corrected chi connectivity index (χ0v) is 17.0. The number of nitrogens with zero attached hydrogens (tertiary/aromatic N) is 3. The number of hydrogen-bond donors (Lipinski definition) is 0. The zero-order chi connectivity index (χ0) is 20.2.